The highest BCUT2D eigenvalue weighted by molar-refractivity contribution is 5.77. The van der Waals surface area contributed by atoms with Gasteiger partial charge in [-0.05, 0) is 34.9 Å². The number of hydrogen-bond acceptors (Lipinski definition) is 3. The first-order chi connectivity index (χ1) is 10.6. The third-order valence-corrected chi connectivity index (χ3v) is 3.74. The second kappa shape index (κ2) is 5.58. The number of esters is 1. The monoisotopic (exact) mass is 296 g/mol. The van der Waals surface area contributed by atoms with Crippen LogP contribution in [-0.2, 0) is 17.8 Å². The molecule has 0 radical (unpaired) electrons. The van der Waals surface area contributed by atoms with E-state index < -0.39 is 0 Å². The Hall–Kier alpha value is -2.72. The molecule has 1 heterocycles. The number of azide groups is 1. The second-order valence-corrected chi connectivity index (χ2v) is 5.49. The van der Waals surface area contributed by atoms with Gasteiger partial charge in [-0.1, -0.05) is 18.1 Å². The van der Waals surface area contributed by atoms with Crippen molar-refractivity contribution in [2.24, 2.45) is 5.11 Å². The molecule has 22 heavy (non-hydrogen) atoms. The lowest BCUT2D eigenvalue weighted by Gasteiger charge is -2.12. The highest BCUT2D eigenvalue weighted by Crippen LogP contribution is 2.39. The van der Waals surface area contributed by atoms with Gasteiger partial charge in [0, 0.05) is 36.6 Å². The minimum atomic E-state index is -0.328. The molecule has 1 atom stereocenters. The molecular formula is C16H16N4O2. The van der Waals surface area contributed by atoms with Gasteiger partial charge in [-0.3, -0.25) is 4.79 Å². The molecule has 0 N–H and O–H groups in total. The summed E-state index contributed by atoms with van der Waals surface area (Å²) >= 11 is 0. The number of hydrogen-bond donors (Lipinski definition) is 0. The fourth-order valence-corrected chi connectivity index (χ4v) is 2.91. The van der Waals surface area contributed by atoms with Gasteiger partial charge in [0.15, 0.2) is 0 Å². The third-order valence-electron chi connectivity index (χ3n) is 3.74. The fraction of sp³-hybridized carbons (Fsp3) is 0.312. The predicted molar refractivity (Wildman–Crippen MR) is 82.6 cm³/mol. The number of benzene rings is 1. The van der Waals surface area contributed by atoms with Crippen LogP contribution in [0.25, 0.3) is 21.7 Å². The molecule has 6 nitrogen and oxygen atoms in total. The van der Waals surface area contributed by atoms with Crippen LogP contribution in [0.15, 0.2) is 35.6 Å². The molecule has 6 heteroatoms. The number of ether oxygens (including phenoxy) is 1. The van der Waals surface area contributed by atoms with E-state index in [0.29, 0.717) is 12.3 Å². The number of rotatable bonds is 4. The zero-order valence-electron chi connectivity index (χ0n) is 12.5. The summed E-state index contributed by atoms with van der Waals surface area (Å²) in [4.78, 5) is 14.0. The lowest BCUT2D eigenvalue weighted by Crippen LogP contribution is -2.10. The fourth-order valence-electron chi connectivity index (χ4n) is 2.91. The molecule has 0 saturated carbocycles. The summed E-state index contributed by atoms with van der Waals surface area (Å²) in [5, 5.41) is 3.73. The molecule has 0 aliphatic heterocycles. The van der Waals surface area contributed by atoms with E-state index in [4.69, 9.17) is 10.3 Å². The molecule has 1 aromatic carbocycles. The van der Waals surface area contributed by atoms with Crippen LogP contribution in [0, 0.1) is 0 Å². The van der Waals surface area contributed by atoms with Crippen LogP contribution >= 0.6 is 0 Å². The standard InChI is InChI=1S/C16H16N4O2/c1-10(18-19-17)9-20-6-5-13-7-12-3-4-14(22-11(2)21)8-15(12)16(13)20/h3-6,8,10H,7,9H2,1-2H3. The zero-order chi connectivity index (χ0) is 15.7. The Labute approximate surface area is 128 Å². The quantitative estimate of drug-likeness (QED) is 0.242. The topological polar surface area (TPSA) is 80.0 Å². The van der Waals surface area contributed by atoms with Crippen LogP contribution < -0.4 is 4.74 Å². The molecule has 0 bridgehead atoms. The van der Waals surface area contributed by atoms with Crippen LogP contribution in [0.3, 0.4) is 0 Å². The summed E-state index contributed by atoms with van der Waals surface area (Å²) in [7, 11) is 0. The highest BCUT2D eigenvalue weighted by Gasteiger charge is 2.23. The van der Waals surface area contributed by atoms with Crippen molar-refractivity contribution in [2.45, 2.75) is 32.9 Å². The maximum absolute atomic E-state index is 11.1. The van der Waals surface area contributed by atoms with Crippen LogP contribution in [-0.4, -0.2) is 16.6 Å². The van der Waals surface area contributed by atoms with Gasteiger partial charge in [0.2, 0.25) is 0 Å². The number of aromatic nitrogens is 1. The normalized spacial score (nSPS) is 13.0. The van der Waals surface area contributed by atoms with Crippen molar-refractivity contribution in [1.29, 1.82) is 0 Å². The number of carbonyl (C=O) groups excluding carboxylic acids is 1. The van der Waals surface area contributed by atoms with Crippen molar-refractivity contribution in [1.82, 2.24) is 4.57 Å². The van der Waals surface area contributed by atoms with Crippen LogP contribution in [0.5, 0.6) is 5.75 Å². The third kappa shape index (κ3) is 2.56. The SMILES string of the molecule is CC(=O)Oc1ccc2c(c1)-c1c(ccn1CC(C)N=[N+]=[N-])C2. The van der Waals surface area contributed by atoms with Crippen molar-refractivity contribution in [2.75, 3.05) is 0 Å². The summed E-state index contributed by atoms with van der Waals surface area (Å²) in [5.74, 6) is 0.223. The van der Waals surface area contributed by atoms with Gasteiger partial charge in [0.1, 0.15) is 5.75 Å². The average Bonchev–Trinajstić information content (AvgIpc) is 2.98. The van der Waals surface area contributed by atoms with Crippen LogP contribution in [0.2, 0.25) is 0 Å². The smallest absolute Gasteiger partial charge is 0.308 e. The molecule has 1 aliphatic carbocycles. The van der Waals surface area contributed by atoms with Gasteiger partial charge in [-0.25, -0.2) is 0 Å². The Morgan fingerprint density at radius 3 is 3.00 bits per heavy atom. The van der Waals surface area contributed by atoms with Crippen LogP contribution in [0.1, 0.15) is 25.0 Å². The van der Waals surface area contributed by atoms with Crippen molar-refractivity contribution in [3.8, 4) is 17.0 Å². The Morgan fingerprint density at radius 2 is 2.27 bits per heavy atom. The minimum Gasteiger partial charge on any atom is -0.427 e. The van der Waals surface area contributed by atoms with E-state index >= 15 is 0 Å². The molecule has 0 amide bonds. The summed E-state index contributed by atoms with van der Waals surface area (Å²) < 4.78 is 7.27. The van der Waals surface area contributed by atoms with E-state index in [9.17, 15) is 4.79 Å². The highest BCUT2D eigenvalue weighted by atomic mass is 16.5. The summed E-state index contributed by atoms with van der Waals surface area (Å²) in [5.41, 5.74) is 13.2. The van der Waals surface area contributed by atoms with E-state index in [1.165, 1.54) is 18.1 Å². The largest absolute Gasteiger partial charge is 0.427 e. The zero-order valence-corrected chi connectivity index (χ0v) is 12.5. The van der Waals surface area contributed by atoms with E-state index in [2.05, 4.69) is 20.7 Å². The maximum atomic E-state index is 11.1. The van der Waals surface area contributed by atoms with E-state index in [1.807, 2.05) is 31.3 Å². The lowest BCUT2D eigenvalue weighted by molar-refractivity contribution is -0.131. The maximum Gasteiger partial charge on any atom is 0.308 e. The molecule has 1 aromatic heterocycles. The number of fused-ring (bicyclic) bond motifs is 3. The van der Waals surface area contributed by atoms with Gasteiger partial charge < -0.3 is 9.30 Å². The Bertz CT molecular complexity index is 787. The molecule has 2 aromatic rings. The Balaban J connectivity index is 1.98. The van der Waals surface area contributed by atoms with Crippen molar-refractivity contribution >= 4 is 5.97 Å². The molecule has 1 unspecified atom stereocenters. The van der Waals surface area contributed by atoms with Crippen molar-refractivity contribution < 1.29 is 9.53 Å². The Kier molecular flexibility index (Phi) is 3.61. The van der Waals surface area contributed by atoms with Gasteiger partial charge >= 0.3 is 5.97 Å². The first-order valence-corrected chi connectivity index (χ1v) is 7.12. The molecule has 0 spiro atoms. The summed E-state index contributed by atoms with van der Waals surface area (Å²) in [6, 6.07) is 7.68. The molecule has 1 aliphatic rings. The first-order valence-electron chi connectivity index (χ1n) is 7.12. The minimum absolute atomic E-state index is 0.123. The lowest BCUT2D eigenvalue weighted by atomic mass is 10.1. The number of nitrogens with zero attached hydrogens (tertiary/aromatic N) is 4. The van der Waals surface area contributed by atoms with Gasteiger partial charge in [-0.2, -0.15) is 0 Å². The van der Waals surface area contributed by atoms with E-state index in [1.54, 1.807) is 0 Å². The summed E-state index contributed by atoms with van der Waals surface area (Å²) in [6.45, 7) is 3.90. The van der Waals surface area contributed by atoms with Crippen LogP contribution in [0.4, 0.5) is 0 Å². The molecule has 0 saturated heterocycles. The van der Waals surface area contributed by atoms with Crippen molar-refractivity contribution in [3.05, 3.63) is 52.0 Å². The van der Waals surface area contributed by atoms with Gasteiger partial charge in [-0.15, -0.1) is 0 Å². The Morgan fingerprint density at radius 1 is 1.45 bits per heavy atom. The predicted octanol–water partition coefficient (Wildman–Crippen LogP) is 3.68. The van der Waals surface area contributed by atoms with E-state index in [0.717, 1.165) is 17.7 Å². The van der Waals surface area contributed by atoms with Gasteiger partial charge in [0.05, 0.1) is 11.7 Å². The van der Waals surface area contributed by atoms with Crippen molar-refractivity contribution in [3.63, 3.8) is 0 Å². The van der Waals surface area contributed by atoms with E-state index in [-0.39, 0.29) is 12.0 Å². The molecular weight excluding hydrogens is 280 g/mol. The number of carbonyl (C=O) groups is 1. The average molecular weight is 296 g/mol. The molecule has 0 fully saturated rings. The second-order valence-electron chi connectivity index (χ2n) is 5.49. The first kappa shape index (κ1) is 14.2. The molecule has 112 valence electrons. The summed E-state index contributed by atoms with van der Waals surface area (Å²) in [6.07, 6.45) is 2.88. The molecule has 3 rings (SSSR count). The van der Waals surface area contributed by atoms with Gasteiger partial charge in [0.25, 0.3) is 0 Å².